The van der Waals surface area contributed by atoms with Gasteiger partial charge in [-0.1, -0.05) is 67.7 Å². The minimum Gasteiger partial charge on any atom is -0.404 e. The van der Waals surface area contributed by atoms with Crippen molar-refractivity contribution in [2.75, 3.05) is 34.3 Å². The molecular formula is C33H62F5N7OV. The summed E-state index contributed by atoms with van der Waals surface area (Å²) in [7, 11) is 4.48. The van der Waals surface area contributed by atoms with E-state index in [1.165, 1.54) is 23.9 Å². The number of nitrogens with two attached hydrogens (primary N) is 3. The summed E-state index contributed by atoms with van der Waals surface area (Å²) in [6.07, 6.45) is 12.5. The quantitative estimate of drug-likeness (QED) is 0.0324. The van der Waals surface area contributed by atoms with Gasteiger partial charge in [-0.3, -0.25) is 4.99 Å². The number of rotatable bonds is 14. The number of aliphatic hydroxyl groups is 1. The van der Waals surface area contributed by atoms with Crippen LogP contribution < -0.4 is 34.0 Å². The maximum atomic E-state index is 12.1. The van der Waals surface area contributed by atoms with Gasteiger partial charge in [0.05, 0.1) is 5.70 Å². The Labute approximate surface area is 293 Å². The molecule has 0 aromatic carbocycles. The van der Waals surface area contributed by atoms with Crippen LogP contribution in [0.5, 0.6) is 0 Å². The van der Waals surface area contributed by atoms with Gasteiger partial charge in [0.15, 0.2) is 0 Å². The summed E-state index contributed by atoms with van der Waals surface area (Å²) in [6, 6.07) is 0. The van der Waals surface area contributed by atoms with E-state index in [0.717, 1.165) is 30.4 Å². The molecule has 0 bridgehead atoms. The van der Waals surface area contributed by atoms with E-state index < -0.39 is 19.0 Å². The molecule has 12 N–H and O–H groups in total. The van der Waals surface area contributed by atoms with Gasteiger partial charge in [-0.15, -0.1) is 0 Å². The molecule has 47 heavy (non-hydrogen) atoms. The molecule has 0 spiro atoms. The number of halogens is 5. The third-order valence-corrected chi connectivity index (χ3v) is 5.48. The van der Waals surface area contributed by atoms with Crippen LogP contribution in [0.4, 0.5) is 22.0 Å². The van der Waals surface area contributed by atoms with Crippen LogP contribution in [0, 0.1) is 0 Å². The Morgan fingerprint density at radius 2 is 1.81 bits per heavy atom. The minimum atomic E-state index is -4.19. The van der Waals surface area contributed by atoms with Gasteiger partial charge in [0.1, 0.15) is 0 Å². The van der Waals surface area contributed by atoms with Crippen LogP contribution in [0.1, 0.15) is 61.2 Å². The standard InChI is InChI=1S/C15H23F5N2.C8H16N4.C8H10.CH4O.CH4.H3N.V.H2/c1-2-13(21)8-7-12(5-3-9-15(18,19)20)11-22-10-4-6-14(16)17;1-6(12-3)7(4-9)8(10)5-11-2;1-8-6-4-2-3-5-7-8;1-2;;;;/h2,5,8,14,22H,1,3-4,6-7,9-11,21H2;4-5,11H,9-10H2,1-3H3;2,4-7H,3H2,1H3;2H,1H3;1H4;1H3;;1H/b12-5+,13-8+;7-4+,8-5-,12-6?;;;;;;. The molecule has 0 atom stereocenters. The van der Waals surface area contributed by atoms with Crippen molar-refractivity contribution in [3.8, 4) is 0 Å². The number of aliphatic imine (C=N–C) groups is 1. The van der Waals surface area contributed by atoms with E-state index in [-0.39, 0.29) is 46.4 Å². The summed E-state index contributed by atoms with van der Waals surface area (Å²) >= 11 is 0. The molecule has 0 aromatic rings. The van der Waals surface area contributed by atoms with Crippen molar-refractivity contribution >= 4 is 5.71 Å². The fourth-order valence-electron chi connectivity index (χ4n) is 3.10. The van der Waals surface area contributed by atoms with E-state index in [2.05, 4.69) is 59.5 Å². The molecule has 275 valence electrons. The molecule has 0 unspecified atom stereocenters. The zero-order valence-electron chi connectivity index (χ0n) is 27.9. The summed E-state index contributed by atoms with van der Waals surface area (Å²) in [5.41, 5.74) is 21.3. The number of allylic oxidation sites excluding steroid dienone is 10. The van der Waals surface area contributed by atoms with Gasteiger partial charge in [0.25, 0.3) is 0 Å². The van der Waals surface area contributed by atoms with E-state index in [1.807, 2.05) is 6.92 Å². The molecule has 0 saturated heterocycles. The molecule has 14 heteroatoms. The second-order valence-corrected chi connectivity index (χ2v) is 9.09. The van der Waals surface area contributed by atoms with Crippen LogP contribution in [-0.4, -0.2) is 57.7 Å². The summed E-state index contributed by atoms with van der Waals surface area (Å²) in [4.78, 5) is 3.98. The maximum Gasteiger partial charge on any atom is 0.389 e. The molecule has 0 fully saturated rings. The molecule has 0 aliphatic heterocycles. The molecule has 0 heterocycles. The van der Waals surface area contributed by atoms with Crippen molar-refractivity contribution in [1.29, 1.82) is 0 Å². The number of nitrogens with zero attached hydrogens (tertiary/aromatic N) is 1. The van der Waals surface area contributed by atoms with Gasteiger partial charge >= 0.3 is 6.18 Å². The first kappa shape index (κ1) is 56.3. The first-order valence-electron chi connectivity index (χ1n) is 14.1. The average Bonchev–Trinajstić information content (AvgIpc) is 3.23. The van der Waals surface area contributed by atoms with Gasteiger partial charge in [0, 0.05) is 90.0 Å². The number of alkyl halides is 5. The first-order chi connectivity index (χ1) is 20.8. The molecule has 0 amide bonds. The molecule has 1 radical (unpaired) electrons. The fraction of sp³-hybridized carbons (Fsp3) is 0.485. The summed E-state index contributed by atoms with van der Waals surface area (Å²) in [6.45, 7) is 8.19. The third kappa shape index (κ3) is 39.0. The Hall–Kier alpha value is -3.10. The van der Waals surface area contributed by atoms with Crippen molar-refractivity contribution in [1.82, 2.24) is 16.8 Å². The van der Waals surface area contributed by atoms with Crippen LogP contribution in [0.3, 0.4) is 0 Å². The van der Waals surface area contributed by atoms with Crippen LogP contribution >= 0.6 is 0 Å². The number of hydrogen-bond acceptors (Lipinski definition) is 8. The Morgan fingerprint density at radius 3 is 2.30 bits per heavy atom. The van der Waals surface area contributed by atoms with Crippen LogP contribution in [0.25, 0.3) is 0 Å². The maximum absolute atomic E-state index is 12.1. The fourth-order valence-corrected chi connectivity index (χ4v) is 3.10. The molecule has 1 aliphatic rings. The summed E-state index contributed by atoms with van der Waals surface area (Å²) < 4.78 is 60.4. The van der Waals surface area contributed by atoms with E-state index in [0.29, 0.717) is 37.3 Å². The Morgan fingerprint density at radius 1 is 1.19 bits per heavy atom. The van der Waals surface area contributed by atoms with Crippen molar-refractivity contribution in [3.63, 3.8) is 0 Å². The number of nitrogens with one attached hydrogen (secondary N) is 2. The van der Waals surface area contributed by atoms with E-state index in [9.17, 15) is 22.0 Å². The van der Waals surface area contributed by atoms with Crippen LogP contribution in [0.2, 0.25) is 0 Å². The van der Waals surface area contributed by atoms with Crippen molar-refractivity contribution in [2.24, 2.45) is 22.2 Å². The number of hydrogen-bond donors (Lipinski definition) is 7. The van der Waals surface area contributed by atoms with Crippen molar-refractivity contribution < 1.29 is 47.0 Å². The molecule has 0 saturated carbocycles. The topological polar surface area (TPSA) is 170 Å². The van der Waals surface area contributed by atoms with Crippen LogP contribution in [-0.2, 0) is 18.6 Å². The Balaban J connectivity index is -0.000000109. The monoisotopic (exact) mass is 718 g/mol. The van der Waals surface area contributed by atoms with Crippen molar-refractivity contribution in [3.05, 3.63) is 95.7 Å². The molecule has 0 aromatic heterocycles. The molecule has 1 aliphatic carbocycles. The third-order valence-electron chi connectivity index (χ3n) is 5.48. The van der Waals surface area contributed by atoms with Gasteiger partial charge in [0.2, 0.25) is 6.43 Å². The molecule has 8 nitrogen and oxygen atoms in total. The van der Waals surface area contributed by atoms with Gasteiger partial charge in [-0.2, -0.15) is 13.2 Å². The smallest absolute Gasteiger partial charge is 0.389 e. The zero-order chi connectivity index (χ0) is 34.4. The zero-order valence-corrected chi connectivity index (χ0v) is 29.3. The van der Waals surface area contributed by atoms with E-state index in [4.69, 9.17) is 22.3 Å². The largest absolute Gasteiger partial charge is 0.404 e. The molecular weight excluding hydrogens is 656 g/mol. The normalized spacial score (nSPS) is 13.4. The predicted molar refractivity (Wildman–Crippen MR) is 190 cm³/mol. The Kier molecular flexibility index (Phi) is 44.7. The Bertz CT molecular complexity index is 1020. The average molecular weight is 719 g/mol. The van der Waals surface area contributed by atoms with E-state index in [1.54, 1.807) is 26.4 Å². The SMILES string of the molecule is C.C=C/C(N)=C\C/C(=C\CCC(F)(F)F)CNCCCC(F)F.CC1=CC=CCC=C1.CN=C(C)C(=C\N)/C(N)=C/NC.CO.N.[HH].[V]. The number of aliphatic hydroxyl groups excluding tert-OH is 1. The second-order valence-electron chi connectivity index (χ2n) is 9.09. The van der Waals surface area contributed by atoms with Crippen molar-refractivity contribution in [2.45, 2.75) is 72.4 Å². The molecule has 1 rings (SSSR count). The summed E-state index contributed by atoms with van der Waals surface area (Å²) in [5.74, 6) is 0. The van der Waals surface area contributed by atoms with E-state index >= 15 is 0 Å². The minimum absolute atomic E-state index is 0. The summed E-state index contributed by atoms with van der Waals surface area (Å²) in [5, 5.41) is 12.8. The van der Waals surface area contributed by atoms with Gasteiger partial charge < -0.3 is 39.1 Å². The van der Waals surface area contributed by atoms with Gasteiger partial charge in [-0.25, -0.2) is 8.78 Å². The second kappa shape index (κ2) is 37.4. The first-order valence-corrected chi connectivity index (χ1v) is 14.1. The van der Waals surface area contributed by atoms with Crippen LogP contribution in [0.15, 0.2) is 101 Å². The van der Waals surface area contributed by atoms with Gasteiger partial charge in [-0.05, 0) is 52.2 Å². The predicted octanol–water partition coefficient (Wildman–Crippen LogP) is 7.35.